The van der Waals surface area contributed by atoms with Crippen molar-refractivity contribution in [3.63, 3.8) is 0 Å². The van der Waals surface area contributed by atoms with Crippen LogP contribution in [0.1, 0.15) is 57.5 Å². The van der Waals surface area contributed by atoms with Crippen LogP contribution in [0.5, 0.6) is 0 Å². The minimum atomic E-state index is -0.689. The van der Waals surface area contributed by atoms with E-state index in [-0.39, 0.29) is 5.91 Å². The van der Waals surface area contributed by atoms with Crippen LogP contribution in [-0.2, 0) is 4.74 Å². The highest BCUT2D eigenvalue weighted by atomic mass is 35.5. The van der Waals surface area contributed by atoms with Crippen LogP contribution in [0, 0.1) is 6.92 Å². The van der Waals surface area contributed by atoms with Crippen LogP contribution in [-0.4, -0.2) is 28.1 Å². The highest BCUT2D eigenvalue weighted by molar-refractivity contribution is 6.34. The molecule has 0 bridgehead atoms. The van der Waals surface area contributed by atoms with E-state index in [4.69, 9.17) is 16.3 Å². The molecule has 6 heteroatoms. The number of aryl methyl sites for hydroxylation is 1. The highest BCUT2D eigenvalue weighted by Crippen LogP contribution is 2.24. The van der Waals surface area contributed by atoms with E-state index < -0.39 is 17.2 Å². The van der Waals surface area contributed by atoms with Crippen molar-refractivity contribution in [3.8, 4) is 0 Å². The van der Waals surface area contributed by atoms with Gasteiger partial charge in [0, 0.05) is 0 Å². The first-order valence-corrected chi connectivity index (χ1v) is 7.80. The minimum Gasteiger partial charge on any atom is -0.443 e. The van der Waals surface area contributed by atoms with Crippen LogP contribution in [0.4, 0.5) is 4.79 Å². The standard InChI is InChI=1S/C17H25ClN2O3/c1-11-9-8-10-12(18)13(11)14(21)20(16(2,3)4)19-15(22)23-17(5,6)7/h8-10H,1-7H3,(H,19,22). The molecule has 0 spiro atoms. The first kappa shape index (κ1) is 19.3. The molecule has 1 rings (SSSR count). The van der Waals surface area contributed by atoms with Gasteiger partial charge >= 0.3 is 6.09 Å². The molecule has 2 amide bonds. The van der Waals surface area contributed by atoms with Gasteiger partial charge in [0.05, 0.1) is 16.1 Å². The van der Waals surface area contributed by atoms with E-state index in [0.29, 0.717) is 10.6 Å². The number of hydrazine groups is 1. The molecule has 0 fully saturated rings. The van der Waals surface area contributed by atoms with Gasteiger partial charge in [-0.1, -0.05) is 23.7 Å². The van der Waals surface area contributed by atoms with E-state index in [9.17, 15) is 9.59 Å². The predicted molar refractivity (Wildman–Crippen MR) is 91.5 cm³/mol. The molecule has 128 valence electrons. The van der Waals surface area contributed by atoms with Crippen LogP contribution in [0.15, 0.2) is 18.2 Å². The summed E-state index contributed by atoms with van der Waals surface area (Å²) < 4.78 is 5.23. The molecule has 0 atom stereocenters. The summed E-state index contributed by atoms with van der Waals surface area (Å²) in [6, 6.07) is 5.22. The predicted octanol–water partition coefficient (Wildman–Crippen LogP) is 4.33. The lowest BCUT2D eigenvalue weighted by atomic mass is 10.0. The summed E-state index contributed by atoms with van der Waals surface area (Å²) in [6.45, 7) is 12.5. The molecule has 0 saturated carbocycles. The third kappa shape index (κ3) is 5.43. The van der Waals surface area contributed by atoms with Crippen LogP contribution < -0.4 is 5.43 Å². The number of amides is 2. The average molecular weight is 341 g/mol. The molecule has 0 unspecified atom stereocenters. The van der Waals surface area contributed by atoms with Gasteiger partial charge in [0.2, 0.25) is 0 Å². The Morgan fingerprint density at radius 1 is 1.13 bits per heavy atom. The maximum absolute atomic E-state index is 12.9. The Kier molecular flexibility index (Phi) is 5.69. The van der Waals surface area contributed by atoms with Crippen LogP contribution in [0.3, 0.4) is 0 Å². The SMILES string of the molecule is Cc1cccc(Cl)c1C(=O)N(NC(=O)OC(C)(C)C)C(C)(C)C. The summed E-state index contributed by atoms with van der Waals surface area (Å²) in [4.78, 5) is 25.0. The maximum atomic E-state index is 12.9. The van der Waals surface area contributed by atoms with Crippen molar-refractivity contribution in [2.24, 2.45) is 0 Å². The first-order valence-electron chi connectivity index (χ1n) is 7.42. The number of ether oxygens (including phenoxy) is 1. The van der Waals surface area contributed by atoms with Gasteiger partial charge in [-0.15, -0.1) is 0 Å². The average Bonchev–Trinajstić information content (AvgIpc) is 2.32. The molecular formula is C17H25ClN2O3. The number of nitrogens with one attached hydrogen (secondary N) is 1. The number of hydrogen-bond donors (Lipinski definition) is 1. The molecule has 0 aliphatic carbocycles. The number of nitrogens with zero attached hydrogens (tertiary/aromatic N) is 1. The van der Waals surface area contributed by atoms with Crippen molar-refractivity contribution in [1.29, 1.82) is 0 Å². The molecular weight excluding hydrogens is 316 g/mol. The van der Waals surface area contributed by atoms with Crippen LogP contribution in [0.2, 0.25) is 5.02 Å². The number of carbonyl (C=O) groups is 2. The summed E-state index contributed by atoms with van der Waals surface area (Å²) in [5, 5.41) is 1.59. The van der Waals surface area contributed by atoms with Gasteiger partial charge in [-0.3, -0.25) is 4.79 Å². The number of benzene rings is 1. The summed E-state index contributed by atoms with van der Waals surface area (Å²) in [5.41, 5.74) is 2.32. The van der Waals surface area contributed by atoms with Gasteiger partial charge in [-0.2, -0.15) is 0 Å². The zero-order valence-corrected chi connectivity index (χ0v) is 15.5. The van der Waals surface area contributed by atoms with Crippen LogP contribution >= 0.6 is 11.6 Å². The Balaban J connectivity index is 3.13. The monoisotopic (exact) mass is 340 g/mol. The lowest BCUT2D eigenvalue weighted by molar-refractivity contribution is 0.0118. The number of hydrogen-bond acceptors (Lipinski definition) is 3. The normalized spacial score (nSPS) is 11.8. The quantitative estimate of drug-likeness (QED) is 0.774. The Bertz CT molecular complexity index is 581. The van der Waals surface area contributed by atoms with Gasteiger partial charge < -0.3 is 4.74 Å². The molecule has 0 aliphatic rings. The van der Waals surface area contributed by atoms with Crippen molar-refractivity contribution in [2.75, 3.05) is 0 Å². The topological polar surface area (TPSA) is 58.6 Å². The smallest absolute Gasteiger partial charge is 0.426 e. The molecule has 0 aliphatic heterocycles. The van der Waals surface area contributed by atoms with Gasteiger partial charge in [0.25, 0.3) is 5.91 Å². The molecule has 0 heterocycles. The molecule has 0 radical (unpaired) electrons. The van der Waals surface area contributed by atoms with Crippen molar-refractivity contribution in [3.05, 3.63) is 34.3 Å². The van der Waals surface area contributed by atoms with E-state index in [1.165, 1.54) is 5.01 Å². The Labute approximate surface area is 142 Å². The van der Waals surface area contributed by atoms with Gasteiger partial charge in [0.1, 0.15) is 5.60 Å². The van der Waals surface area contributed by atoms with Crippen molar-refractivity contribution >= 4 is 23.6 Å². The molecule has 1 N–H and O–H groups in total. The summed E-state index contributed by atoms with van der Waals surface area (Å²) in [7, 11) is 0. The minimum absolute atomic E-state index is 0.343. The molecule has 5 nitrogen and oxygen atoms in total. The van der Waals surface area contributed by atoms with Crippen molar-refractivity contribution in [1.82, 2.24) is 10.4 Å². The second-order valence-corrected chi connectivity index (χ2v) is 7.76. The van der Waals surface area contributed by atoms with E-state index in [1.807, 2.05) is 20.8 Å². The number of halogens is 1. The lowest BCUT2D eigenvalue weighted by Gasteiger charge is -2.36. The second kappa shape index (κ2) is 6.79. The highest BCUT2D eigenvalue weighted by Gasteiger charge is 2.32. The van der Waals surface area contributed by atoms with Gasteiger partial charge in [-0.25, -0.2) is 15.2 Å². The molecule has 0 saturated heterocycles. The Hall–Kier alpha value is -1.75. The van der Waals surface area contributed by atoms with Gasteiger partial charge in [0.15, 0.2) is 0 Å². The molecule has 0 aromatic heterocycles. The fourth-order valence-electron chi connectivity index (χ4n) is 1.93. The fraction of sp³-hybridized carbons (Fsp3) is 0.529. The van der Waals surface area contributed by atoms with Crippen LogP contribution in [0.25, 0.3) is 0 Å². The van der Waals surface area contributed by atoms with E-state index >= 15 is 0 Å². The third-order valence-corrected chi connectivity index (χ3v) is 3.23. The van der Waals surface area contributed by atoms with Gasteiger partial charge in [-0.05, 0) is 60.1 Å². The Morgan fingerprint density at radius 3 is 2.13 bits per heavy atom. The Morgan fingerprint density at radius 2 is 1.70 bits per heavy atom. The largest absolute Gasteiger partial charge is 0.443 e. The number of carbonyl (C=O) groups excluding carboxylic acids is 2. The molecule has 1 aromatic carbocycles. The summed E-state index contributed by atoms with van der Waals surface area (Å²) >= 11 is 6.17. The first-order chi connectivity index (χ1) is 10.3. The van der Waals surface area contributed by atoms with Crippen molar-refractivity contribution in [2.45, 2.75) is 59.6 Å². The van der Waals surface area contributed by atoms with E-state index in [2.05, 4.69) is 5.43 Å². The second-order valence-electron chi connectivity index (χ2n) is 7.36. The molecule has 23 heavy (non-hydrogen) atoms. The molecule has 1 aromatic rings. The number of rotatable bonds is 1. The summed E-state index contributed by atoms with van der Waals surface area (Å²) in [6.07, 6.45) is -0.689. The summed E-state index contributed by atoms with van der Waals surface area (Å²) in [5.74, 6) is -0.383. The van der Waals surface area contributed by atoms with Crippen molar-refractivity contribution < 1.29 is 14.3 Å². The fourth-order valence-corrected chi connectivity index (χ4v) is 2.23. The zero-order valence-electron chi connectivity index (χ0n) is 14.8. The van der Waals surface area contributed by atoms with E-state index in [1.54, 1.807) is 45.9 Å². The van der Waals surface area contributed by atoms with E-state index in [0.717, 1.165) is 5.56 Å². The lowest BCUT2D eigenvalue weighted by Crippen LogP contribution is -2.56. The maximum Gasteiger partial charge on any atom is 0.426 e. The third-order valence-electron chi connectivity index (χ3n) is 2.91. The zero-order chi connectivity index (χ0) is 18.0.